The van der Waals surface area contributed by atoms with Crippen molar-refractivity contribution in [2.24, 2.45) is 0 Å². The molecule has 3 aromatic carbocycles. The molecule has 168 valence electrons. The Morgan fingerprint density at radius 1 is 0.848 bits per heavy atom. The average Bonchev–Trinajstić information content (AvgIpc) is 3.45. The van der Waals surface area contributed by atoms with Gasteiger partial charge in [0.15, 0.2) is 0 Å². The molecule has 0 aromatic heterocycles. The van der Waals surface area contributed by atoms with Crippen molar-refractivity contribution in [2.45, 2.75) is 31.0 Å². The second kappa shape index (κ2) is 9.46. The highest BCUT2D eigenvalue weighted by atomic mass is 16.5. The first-order chi connectivity index (χ1) is 16.2. The van der Waals surface area contributed by atoms with Crippen LogP contribution in [0.25, 0.3) is 11.1 Å². The van der Waals surface area contributed by atoms with Gasteiger partial charge in [-0.25, -0.2) is 4.79 Å². The molecule has 1 fully saturated rings. The maximum absolute atomic E-state index is 12.5. The molecule has 0 bridgehead atoms. The lowest BCUT2D eigenvalue weighted by atomic mass is 9.98. The van der Waals surface area contributed by atoms with Gasteiger partial charge in [-0.1, -0.05) is 78.9 Å². The Bertz CT molecular complexity index is 1100. The van der Waals surface area contributed by atoms with E-state index in [1.165, 1.54) is 22.3 Å². The number of nitrogens with one attached hydrogen (secondary N) is 2. The van der Waals surface area contributed by atoms with E-state index >= 15 is 0 Å². The summed E-state index contributed by atoms with van der Waals surface area (Å²) in [6, 6.07) is 25.4. The Balaban J connectivity index is 1.12. The molecule has 1 aliphatic heterocycles. The molecule has 1 amide bonds. The predicted molar refractivity (Wildman–Crippen MR) is 125 cm³/mol. The summed E-state index contributed by atoms with van der Waals surface area (Å²) >= 11 is 0. The van der Waals surface area contributed by atoms with Crippen LogP contribution in [0.15, 0.2) is 78.9 Å². The summed E-state index contributed by atoms with van der Waals surface area (Å²) in [7, 11) is 0. The van der Waals surface area contributed by atoms with Gasteiger partial charge < -0.3 is 20.1 Å². The fourth-order valence-electron chi connectivity index (χ4n) is 4.66. The van der Waals surface area contributed by atoms with E-state index in [-0.39, 0.29) is 31.1 Å². The van der Waals surface area contributed by atoms with Gasteiger partial charge in [0.1, 0.15) is 19.3 Å². The Labute approximate surface area is 192 Å². The standard InChI is InChI=1S/C27H26N2O4/c30-26(32-16-18-8-2-1-3-9-18)25-14-19(15-28-25)29-27(31)33-17-24-22-12-6-4-10-20(22)21-11-5-7-13-23(21)24/h1-13,19,24-25,28H,14-17H2,(H,29,31)/t19-,25-/m0/s1. The molecule has 1 saturated heterocycles. The lowest BCUT2D eigenvalue weighted by Crippen LogP contribution is -2.37. The summed E-state index contributed by atoms with van der Waals surface area (Å²) in [6.45, 7) is 1.00. The van der Waals surface area contributed by atoms with E-state index in [0.29, 0.717) is 13.0 Å². The molecule has 5 rings (SSSR count). The summed E-state index contributed by atoms with van der Waals surface area (Å²) in [5.74, 6) is -0.291. The molecule has 33 heavy (non-hydrogen) atoms. The molecule has 0 unspecified atom stereocenters. The summed E-state index contributed by atoms with van der Waals surface area (Å²) in [5.41, 5.74) is 5.68. The van der Waals surface area contributed by atoms with Crippen LogP contribution in [0.3, 0.4) is 0 Å². The van der Waals surface area contributed by atoms with Gasteiger partial charge >= 0.3 is 12.1 Å². The minimum absolute atomic E-state index is 0.0190. The number of amides is 1. The van der Waals surface area contributed by atoms with Crippen LogP contribution < -0.4 is 10.6 Å². The molecular formula is C27H26N2O4. The molecule has 6 nitrogen and oxygen atoms in total. The van der Waals surface area contributed by atoms with Crippen LogP contribution in [0.5, 0.6) is 0 Å². The first-order valence-corrected chi connectivity index (χ1v) is 11.2. The molecule has 2 atom stereocenters. The van der Waals surface area contributed by atoms with Crippen molar-refractivity contribution in [2.75, 3.05) is 13.2 Å². The maximum Gasteiger partial charge on any atom is 0.407 e. The second-order valence-electron chi connectivity index (χ2n) is 8.46. The van der Waals surface area contributed by atoms with Crippen LogP contribution in [0.4, 0.5) is 4.79 Å². The predicted octanol–water partition coefficient (Wildman–Crippen LogP) is 4.00. The molecule has 1 aliphatic carbocycles. The van der Waals surface area contributed by atoms with E-state index in [0.717, 1.165) is 5.56 Å². The van der Waals surface area contributed by atoms with Crippen LogP contribution in [0, 0.1) is 0 Å². The van der Waals surface area contributed by atoms with Crippen molar-refractivity contribution in [1.82, 2.24) is 10.6 Å². The Hall–Kier alpha value is -3.64. The lowest BCUT2D eigenvalue weighted by molar-refractivity contribution is -0.147. The number of rotatable bonds is 6. The average molecular weight is 443 g/mol. The molecule has 0 radical (unpaired) electrons. The van der Waals surface area contributed by atoms with Crippen LogP contribution in [-0.4, -0.2) is 37.3 Å². The highest BCUT2D eigenvalue weighted by Gasteiger charge is 2.33. The van der Waals surface area contributed by atoms with Gasteiger partial charge in [-0.15, -0.1) is 0 Å². The summed E-state index contributed by atoms with van der Waals surface area (Å²) in [5, 5.41) is 6.00. The number of benzene rings is 3. The second-order valence-corrected chi connectivity index (χ2v) is 8.46. The number of alkyl carbamates (subject to hydrolysis) is 1. The number of ether oxygens (including phenoxy) is 2. The summed E-state index contributed by atoms with van der Waals surface area (Å²) < 4.78 is 11.0. The third-order valence-corrected chi connectivity index (χ3v) is 6.30. The molecule has 0 spiro atoms. The van der Waals surface area contributed by atoms with Gasteiger partial charge in [0.05, 0.1) is 0 Å². The molecule has 6 heteroatoms. The van der Waals surface area contributed by atoms with Crippen molar-refractivity contribution in [1.29, 1.82) is 0 Å². The van der Waals surface area contributed by atoms with Crippen molar-refractivity contribution < 1.29 is 19.1 Å². The zero-order valence-corrected chi connectivity index (χ0v) is 18.2. The van der Waals surface area contributed by atoms with Crippen LogP contribution in [-0.2, 0) is 20.9 Å². The normalized spacial score (nSPS) is 18.9. The quantitative estimate of drug-likeness (QED) is 0.565. The van der Waals surface area contributed by atoms with Crippen LogP contribution in [0.2, 0.25) is 0 Å². The number of carbonyl (C=O) groups is 2. The highest BCUT2D eigenvalue weighted by molar-refractivity contribution is 5.79. The van der Waals surface area contributed by atoms with Gasteiger partial charge in [0, 0.05) is 18.5 Å². The number of hydrogen-bond donors (Lipinski definition) is 2. The smallest absolute Gasteiger partial charge is 0.407 e. The van der Waals surface area contributed by atoms with E-state index in [1.807, 2.05) is 54.6 Å². The van der Waals surface area contributed by atoms with E-state index in [9.17, 15) is 9.59 Å². The van der Waals surface area contributed by atoms with E-state index in [1.54, 1.807) is 0 Å². The van der Waals surface area contributed by atoms with Gasteiger partial charge in [-0.2, -0.15) is 0 Å². The Kier molecular flexibility index (Phi) is 6.09. The van der Waals surface area contributed by atoms with Gasteiger partial charge in [-0.05, 0) is 34.2 Å². The van der Waals surface area contributed by atoms with Crippen molar-refractivity contribution in [3.05, 3.63) is 95.6 Å². The largest absolute Gasteiger partial charge is 0.460 e. The highest BCUT2D eigenvalue weighted by Crippen LogP contribution is 2.44. The number of esters is 1. The van der Waals surface area contributed by atoms with Gasteiger partial charge in [0.25, 0.3) is 0 Å². The zero-order chi connectivity index (χ0) is 22.6. The number of carbonyl (C=O) groups excluding carboxylic acids is 2. The lowest BCUT2D eigenvalue weighted by Gasteiger charge is -2.16. The first-order valence-electron chi connectivity index (χ1n) is 11.2. The third kappa shape index (κ3) is 4.61. The molecule has 2 N–H and O–H groups in total. The monoisotopic (exact) mass is 442 g/mol. The fraction of sp³-hybridized carbons (Fsp3) is 0.259. The first kappa shape index (κ1) is 21.2. The Morgan fingerprint density at radius 2 is 1.48 bits per heavy atom. The van der Waals surface area contributed by atoms with Crippen molar-refractivity contribution in [3.63, 3.8) is 0 Å². The fourth-order valence-corrected chi connectivity index (χ4v) is 4.66. The minimum Gasteiger partial charge on any atom is -0.460 e. The number of fused-ring (bicyclic) bond motifs is 3. The topological polar surface area (TPSA) is 76.7 Å². The van der Waals surface area contributed by atoms with E-state index in [2.05, 4.69) is 34.9 Å². The molecule has 3 aromatic rings. The van der Waals surface area contributed by atoms with Crippen LogP contribution in [0.1, 0.15) is 29.0 Å². The number of hydrogen-bond acceptors (Lipinski definition) is 5. The zero-order valence-electron chi connectivity index (χ0n) is 18.2. The molecule has 1 heterocycles. The van der Waals surface area contributed by atoms with E-state index < -0.39 is 12.1 Å². The van der Waals surface area contributed by atoms with Crippen molar-refractivity contribution in [3.8, 4) is 11.1 Å². The molecule has 2 aliphatic rings. The Morgan fingerprint density at radius 3 is 2.18 bits per heavy atom. The van der Waals surface area contributed by atoms with Gasteiger partial charge in [-0.3, -0.25) is 4.79 Å². The van der Waals surface area contributed by atoms with Crippen molar-refractivity contribution >= 4 is 12.1 Å². The summed E-state index contributed by atoms with van der Waals surface area (Å²) in [4.78, 5) is 24.8. The summed E-state index contributed by atoms with van der Waals surface area (Å²) in [6.07, 6.45) is -0.000345. The third-order valence-electron chi connectivity index (χ3n) is 6.30. The molecular weight excluding hydrogens is 416 g/mol. The molecule has 0 saturated carbocycles. The van der Waals surface area contributed by atoms with E-state index in [4.69, 9.17) is 9.47 Å². The van der Waals surface area contributed by atoms with Gasteiger partial charge in [0.2, 0.25) is 0 Å². The maximum atomic E-state index is 12.5. The minimum atomic E-state index is -0.470. The SMILES string of the molecule is O=C(N[C@@H]1CN[C@H](C(=O)OCc2ccccc2)C1)OCC1c2ccccc2-c2ccccc21. The van der Waals surface area contributed by atoms with Crippen LogP contribution >= 0.6 is 0 Å².